The zero-order chi connectivity index (χ0) is 17.1. The van der Waals surface area contributed by atoms with Crippen molar-refractivity contribution in [3.8, 4) is 0 Å². The molecule has 0 unspecified atom stereocenters. The van der Waals surface area contributed by atoms with Crippen LogP contribution in [-0.2, 0) is 0 Å². The van der Waals surface area contributed by atoms with Crippen molar-refractivity contribution in [2.75, 3.05) is 49.1 Å². The average Bonchev–Trinajstić information content (AvgIpc) is 3.23. The van der Waals surface area contributed by atoms with Crippen LogP contribution in [0, 0.1) is 0 Å². The normalized spacial score (nSPS) is 17.8. The van der Waals surface area contributed by atoms with Crippen molar-refractivity contribution in [2.24, 2.45) is 0 Å². The van der Waals surface area contributed by atoms with Gasteiger partial charge in [0, 0.05) is 51.7 Å². The van der Waals surface area contributed by atoms with E-state index in [1.54, 1.807) is 6.20 Å². The summed E-state index contributed by atoms with van der Waals surface area (Å²) < 4.78 is 0. The highest BCUT2D eigenvalue weighted by atomic mass is 16.2. The smallest absolute Gasteiger partial charge is 0.257 e. The van der Waals surface area contributed by atoms with E-state index in [2.05, 4.69) is 19.8 Å². The summed E-state index contributed by atoms with van der Waals surface area (Å²) in [4.78, 5) is 28.3. The fraction of sp³-hybridized carbons (Fsp3) is 0.421. The van der Waals surface area contributed by atoms with Gasteiger partial charge in [-0.2, -0.15) is 0 Å². The van der Waals surface area contributed by atoms with E-state index in [0.717, 1.165) is 43.4 Å². The molecule has 25 heavy (non-hydrogen) atoms. The van der Waals surface area contributed by atoms with Gasteiger partial charge in [-0.1, -0.05) is 6.07 Å². The molecule has 2 aromatic rings. The molecule has 0 N–H and O–H groups in total. The van der Waals surface area contributed by atoms with Crippen molar-refractivity contribution in [2.45, 2.75) is 12.8 Å². The minimum Gasteiger partial charge on any atom is -0.356 e. The minimum absolute atomic E-state index is 0.0932. The number of piperazine rings is 1. The van der Waals surface area contributed by atoms with Gasteiger partial charge in [0.05, 0.1) is 5.56 Å². The van der Waals surface area contributed by atoms with Gasteiger partial charge in [-0.15, -0.1) is 0 Å². The predicted octanol–water partition coefficient (Wildman–Crippen LogP) is 2.04. The first-order chi connectivity index (χ1) is 12.3. The van der Waals surface area contributed by atoms with Crippen LogP contribution in [-0.4, -0.2) is 60.0 Å². The van der Waals surface area contributed by atoms with Gasteiger partial charge in [0.15, 0.2) is 0 Å². The van der Waals surface area contributed by atoms with Crippen LogP contribution >= 0.6 is 0 Å². The molecule has 0 bridgehead atoms. The minimum atomic E-state index is 0.0932. The lowest BCUT2D eigenvalue weighted by Crippen LogP contribution is -2.49. The van der Waals surface area contributed by atoms with Gasteiger partial charge >= 0.3 is 0 Å². The van der Waals surface area contributed by atoms with Gasteiger partial charge in [-0.3, -0.25) is 4.79 Å². The summed E-state index contributed by atoms with van der Waals surface area (Å²) in [5, 5.41) is 0. The molecule has 2 aliphatic heterocycles. The Bertz CT molecular complexity index is 722. The van der Waals surface area contributed by atoms with Gasteiger partial charge in [0.2, 0.25) is 0 Å². The van der Waals surface area contributed by atoms with E-state index in [-0.39, 0.29) is 5.91 Å². The zero-order valence-corrected chi connectivity index (χ0v) is 14.3. The van der Waals surface area contributed by atoms with Crippen LogP contribution in [0.25, 0.3) is 0 Å². The summed E-state index contributed by atoms with van der Waals surface area (Å²) in [6, 6.07) is 9.71. The number of rotatable bonds is 3. The maximum absolute atomic E-state index is 13.0. The molecule has 2 aliphatic rings. The third-order valence-corrected chi connectivity index (χ3v) is 4.96. The van der Waals surface area contributed by atoms with Crippen LogP contribution in [0.3, 0.4) is 0 Å². The summed E-state index contributed by atoms with van der Waals surface area (Å²) in [7, 11) is 0. The summed E-state index contributed by atoms with van der Waals surface area (Å²) in [6.07, 6.45) is 5.94. The fourth-order valence-corrected chi connectivity index (χ4v) is 3.59. The molecule has 6 heteroatoms. The molecular formula is C19H23N5O. The molecular weight excluding hydrogens is 314 g/mol. The van der Waals surface area contributed by atoms with Crippen LogP contribution in [0.5, 0.6) is 0 Å². The lowest BCUT2D eigenvalue weighted by molar-refractivity contribution is 0.0747. The van der Waals surface area contributed by atoms with Crippen molar-refractivity contribution in [3.05, 3.63) is 48.3 Å². The quantitative estimate of drug-likeness (QED) is 0.858. The number of carbonyl (C=O) groups excluding carboxylic acids is 1. The first-order valence-electron chi connectivity index (χ1n) is 8.98. The molecule has 0 radical (unpaired) electrons. The lowest BCUT2D eigenvalue weighted by Gasteiger charge is -2.35. The number of hydrogen-bond donors (Lipinski definition) is 0. The second-order valence-corrected chi connectivity index (χ2v) is 6.54. The second kappa shape index (κ2) is 7.09. The van der Waals surface area contributed by atoms with E-state index in [1.165, 1.54) is 12.8 Å². The first kappa shape index (κ1) is 15.9. The average molecular weight is 337 g/mol. The molecule has 4 rings (SSSR count). The van der Waals surface area contributed by atoms with E-state index < -0.39 is 0 Å². The molecule has 4 heterocycles. The second-order valence-electron chi connectivity index (χ2n) is 6.54. The summed E-state index contributed by atoms with van der Waals surface area (Å²) in [5.41, 5.74) is 0.732. The van der Waals surface area contributed by atoms with E-state index >= 15 is 0 Å². The molecule has 1 amide bonds. The van der Waals surface area contributed by atoms with E-state index in [1.807, 2.05) is 41.4 Å². The van der Waals surface area contributed by atoms with Gasteiger partial charge in [-0.05, 0) is 37.1 Å². The van der Waals surface area contributed by atoms with Gasteiger partial charge in [0.1, 0.15) is 11.6 Å². The van der Waals surface area contributed by atoms with Crippen molar-refractivity contribution < 1.29 is 4.79 Å². The third kappa shape index (κ3) is 3.29. The van der Waals surface area contributed by atoms with Crippen LogP contribution in [0.15, 0.2) is 42.7 Å². The third-order valence-electron chi connectivity index (χ3n) is 4.96. The standard InChI is InChI=1S/C19H23N5O/c25-19(16-6-5-9-21-18(16)23-10-3-4-11-23)24-14-12-22(13-15-24)17-7-1-2-8-20-17/h1-2,5-9H,3-4,10-15H2. The van der Waals surface area contributed by atoms with E-state index in [4.69, 9.17) is 0 Å². The molecule has 6 nitrogen and oxygen atoms in total. The Labute approximate surface area is 148 Å². The number of hydrogen-bond acceptors (Lipinski definition) is 5. The molecule has 0 atom stereocenters. The monoisotopic (exact) mass is 337 g/mol. The van der Waals surface area contributed by atoms with Crippen LogP contribution < -0.4 is 9.80 Å². The molecule has 2 aromatic heterocycles. The summed E-state index contributed by atoms with van der Waals surface area (Å²) >= 11 is 0. The van der Waals surface area contributed by atoms with Gasteiger partial charge in [-0.25, -0.2) is 9.97 Å². The van der Waals surface area contributed by atoms with Crippen molar-refractivity contribution in [3.63, 3.8) is 0 Å². The van der Waals surface area contributed by atoms with E-state index in [9.17, 15) is 4.79 Å². The lowest BCUT2D eigenvalue weighted by atomic mass is 10.2. The van der Waals surface area contributed by atoms with Crippen LogP contribution in [0.1, 0.15) is 23.2 Å². The molecule has 130 valence electrons. The highest BCUT2D eigenvalue weighted by Gasteiger charge is 2.27. The number of pyridine rings is 2. The topological polar surface area (TPSA) is 52.6 Å². The Balaban J connectivity index is 1.46. The van der Waals surface area contributed by atoms with E-state index in [0.29, 0.717) is 13.1 Å². The first-order valence-corrected chi connectivity index (χ1v) is 8.98. The van der Waals surface area contributed by atoms with Crippen molar-refractivity contribution in [1.29, 1.82) is 0 Å². The van der Waals surface area contributed by atoms with Crippen LogP contribution in [0.4, 0.5) is 11.6 Å². The SMILES string of the molecule is O=C(c1cccnc1N1CCCC1)N1CCN(c2ccccn2)CC1. The summed E-state index contributed by atoms with van der Waals surface area (Å²) in [5.74, 6) is 1.92. The Kier molecular flexibility index (Phi) is 4.50. The number of aromatic nitrogens is 2. The van der Waals surface area contributed by atoms with Crippen LogP contribution in [0.2, 0.25) is 0 Å². The number of carbonyl (C=O) groups is 1. The number of nitrogens with zero attached hydrogens (tertiary/aromatic N) is 5. The zero-order valence-electron chi connectivity index (χ0n) is 14.3. The highest BCUT2D eigenvalue weighted by molar-refractivity contribution is 5.99. The Morgan fingerprint density at radius 2 is 1.56 bits per heavy atom. The Hall–Kier alpha value is -2.63. The van der Waals surface area contributed by atoms with Gasteiger partial charge in [0.25, 0.3) is 5.91 Å². The maximum atomic E-state index is 13.0. The largest absolute Gasteiger partial charge is 0.356 e. The molecule has 0 aliphatic carbocycles. The molecule has 2 fully saturated rings. The molecule has 0 spiro atoms. The molecule has 2 saturated heterocycles. The number of anilines is 2. The highest BCUT2D eigenvalue weighted by Crippen LogP contribution is 2.24. The Morgan fingerprint density at radius 1 is 0.800 bits per heavy atom. The van der Waals surface area contributed by atoms with Crippen molar-refractivity contribution in [1.82, 2.24) is 14.9 Å². The predicted molar refractivity (Wildman–Crippen MR) is 98.0 cm³/mol. The maximum Gasteiger partial charge on any atom is 0.257 e. The number of amides is 1. The Morgan fingerprint density at radius 3 is 2.28 bits per heavy atom. The van der Waals surface area contributed by atoms with Crippen molar-refractivity contribution >= 4 is 17.5 Å². The molecule has 0 aromatic carbocycles. The fourth-order valence-electron chi connectivity index (χ4n) is 3.59. The molecule has 0 saturated carbocycles. The van der Waals surface area contributed by atoms with Gasteiger partial charge < -0.3 is 14.7 Å². The summed E-state index contributed by atoms with van der Waals surface area (Å²) in [6.45, 7) is 5.02.